The van der Waals surface area contributed by atoms with Crippen molar-refractivity contribution in [1.82, 2.24) is 15.2 Å². The van der Waals surface area contributed by atoms with Crippen molar-refractivity contribution in [3.8, 4) is 22.2 Å². The molecule has 0 atom stereocenters. The van der Waals surface area contributed by atoms with Crippen molar-refractivity contribution in [3.05, 3.63) is 41.3 Å². The summed E-state index contributed by atoms with van der Waals surface area (Å²) in [6.07, 6.45) is 0.839. The van der Waals surface area contributed by atoms with Crippen LogP contribution < -0.4 is 9.47 Å². The number of ketones is 1. The predicted molar refractivity (Wildman–Crippen MR) is 96.8 cm³/mol. The van der Waals surface area contributed by atoms with Crippen LogP contribution in [0, 0.1) is 0 Å². The first kappa shape index (κ1) is 16.2. The van der Waals surface area contributed by atoms with Gasteiger partial charge in [-0.25, -0.2) is 4.98 Å². The van der Waals surface area contributed by atoms with Crippen molar-refractivity contribution >= 4 is 28.9 Å². The summed E-state index contributed by atoms with van der Waals surface area (Å²) in [5, 5.41) is 9.60. The highest BCUT2D eigenvalue weighted by molar-refractivity contribution is 7.99. The molecule has 0 radical (unpaired) electrons. The standard InChI is InChI=1S/C17H15N3O3S2/c21-12(11-4-5-13-14(9-11)23-7-2-6-22-13)10-25-17-18-16(19-20-17)15-3-1-8-24-15/h1,3-5,8-9H,2,6-7,10H2,(H,18,19,20). The Morgan fingerprint density at radius 3 is 2.96 bits per heavy atom. The van der Waals surface area contributed by atoms with Crippen molar-refractivity contribution < 1.29 is 14.3 Å². The van der Waals surface area contributed by atoms with Crippen LogP contribution in [0.5, 0.6) is 11.5 Å². The summed E-state index contributed by atoms with van der Waals surface area (Å²) in [6.45, 7) is 1.23. The summed E-state index contributed by atoms with van der Waals surface area (Å²) in [4.78, 5) is 17.9. The van der Waals surface area contributed by atoms with Crippen LogP contribution in [0.2, 0.25) is 0 Å². The third-order valence-electron chi connectivity index (χ3n) is 3.62. The summed E-state index contributed by atoms with van der Waals surface area (Å²) >= 11 is 2.90. The zero-order chi connectivity index (χ0) is 17.1. The topological polar surface area (TPSA) is 77.1 Å². The lowest BCUT2D eigenvalue weighted by molar-refractivity contribution is 0.102. The molecular weight excluding hydrogens is 358 g/mol. The molecule has 0 saturated carbocycles. The fraction of sp³-hybridized carbons (Fsp3) is 0.235. The van der Waals surface area contributed by atoms with E-state index in [0.717, 1.165) is 17.1 Å². The molecular formula is C17H15N3O3S2. The minimum absolute atomic E-state index is 0.00289. The number of fused-ring (bicyclic) bond motifs is 1. The third kappa shape index (κ3) is 3.69. The van der Waals surface area contributed by atoms with E-state index in [1.807, 2.05) is 17.5 Å². The van der Waals surface area contributed by atoms with Gasteiger partial charge in [0.25, 0.3) is 0 Å². The van der Waals surface area contributed by atoms with E-state index in [-0.39, 0.29) is 11.5 Å². The highest BCUT2D eigenvalue weighted by Gasteiger charge is 2.15. The molecule has 25 heavy (non-hydrogen) atoms. The number of thiophene rings is 1. The predicted octanol–water partition coefficient (Wildman–Crippen LogP) is 3.67. The van der Waals surface area contributed by atoms with Gasteiger partial charge in [0.2, 0.25) is 5.16 Å². The van der Waals surface area contributed by atoms with Crippen LogP contribution in [-0.2, 0) is 0 Å². The molecule has 8 heteroatoms. The average molecular weight is 373 g/mol. The van der Waals surface area contributed by atoms with E-state index >= 15 is 0 Å². The quantitative estimate of drug-likeness (QED) is 0.543. The smallest absolute Gasteiger partial charge is 0.209 e. The summed E-state index contributed by atoms with van der Waals surface area (Å²) in [5.74, 6) is 2.31. The molecule has 0 bridgehead atoms. The molecule has 2 aromatic heterocycles. The fourth-order valence-corrected chi connectivity index (χ4v) is 3.74. The second-order valence-electron chi connectivity index (χ2n) is 5.37. The van der Waals surface area contributed by atoms with E-state index in [2.05, 4.69) is 15.2 Å². The second kappa shape index (κ2) is 7.28. The van der Waals surface area contributed by atoms with Gasteiger partial charge in [0.05, 0.1) is 23.8 Å². The van der Waals surface area contributed by atoms with Gasteiger partial charge in [0.1, 0.15) is 0 Å². The zero-order valence-corrected chi connectivity index (χ0v) is 14.9. The summed E-state index contributed by atoms with van der Waals surface area (Å²) in [5.41, 5.74) is 0.603. The van der Waals surface area contributed by atoms with Gasteiger partial charge in [-0.05, 0) is 29.6 Å². The molecule has 1 aliphatic heterocycles. The van der Waals surface area contributed by atoms with Crippen LogP contribution in [0.25, 0.3) is 10.7 Å². The Hall–Kier alpha value is -2.32. The maximum absolute atomic E-state index is 12.4. The minimum Gasteiger partial charge on any atom is -0.490 e. The number of Topliss-reactive ketones (excluding diaryl/α,β-unsaturated/α-hetero) is 1. The van der Waals surface area contributed by atoms with Crippen LogP contribution >= 0.6 is 23.1 Å². The maximum Gasteiger partial charge on any atom is 0.209 e. The van der Waals surface area contributed by atoms with E-state index in [0.29, 0.717) is 35.4 Å². The number of nitrogens with one attached hydrogen (secondary N) is 1. The van der Waals surface area contributed by atoms with Crippen LogP contribution in [0.15, 0.2) is 40.9 Å². The number of hydrogen-bond donors (Lipinski definition) is 1. The first-order valence-electron chi connectivity index (χ1n) is 7.81. The number of aromatic amines is 1. The summed E-state index contributed by atoms with van der Waals surface area (Å²) in [6, 6.07) is 9.25. The van der Waals surface area contributed by atoms with E-state index in [4.69, 9.17) is 9.47 Å². The van der Waals surface area contributed by atoms with E-state index in [1.165, 1.54) is 11.8 Å². The van der Waals surface area contributed by atoms with Crippen molar-refractivity contribution in [2.45, 2.75) is 11.6 Å². The zero-order valence-electron chi connectivity index (χ0n) is 13.2. The van der Waals surface area contributed by atoms with Crippen LogP contribution in [0.1, 0.15) is 16.8 Å². The Morgan fingerprint density at radius 1 is 1.24 bits per heavy atom. The molecule has 0 aliphatic carbocycles. The first-order valence-corrected chi connectivity index (χ1v) is 9.68. The number of ether oxygens (including phenoxy) is 2. The number of benzene rings is 1. The highest BCUT2D eigenvalue weighted by Crippen LogP contribution is 2.31. The number of H-pyrrole nitrogens is 1. The maximum atomic E-state index is 12.4. The molecule has 0 saturated heterocycles. The number of aromatic nitrogens is 3. The van der Waals surface area contributed by atoms with Gasteiger partial charge in [-0.1, -0.05) is 17.8 Å². The second-order valence-corrected chi connectivity index (χ2v) is 7.26. The fourth-order valence-electron chi connectivity index (χ4n) is 2.38. The molecule has 0 fully saturated rings. The number of nitrogens with zero attached hydrogens (tertiary/aromatic N) is 2. The Kier molecular flexibility index (Phi) is 4.71. The number of hydrogen-bond acceptors (Lipinski definition) is 7. The van der Waals surface area contributed by atoms with Gasteiger partial charge in [-0.15, -0.1) is 16.4 Å². The first-order chi connectivity index (χ1) is 12.3. The average Bonchev–Trinajstić information content (AvgIpc) is 3.26. The van der Waals surface area contributed by atoms with Gasteiger partial charge in [-0.3, -0.25) is 9.89 Å². The lowest BCUT2D eigenvalue weighted by atomic mass is 10.1. The highest BCUT2D eigenvalue weighted by atomic mass is 32.2. The Labute approximate surface area is 152 Å². The lowest BCUT2D eigenvalue weighted by Gasteiger charge is -2.08. The van der Waals surface area contributed by atoms with Crippen LogP contribution in [-0.4, -0.2) is 39.9 Å². The van der Waals surface area contributed by atoms with Gasteiger partial charge < -0.3 is 9.47 Å². The molecule has 1 aliphatic rings. The van der Waals surface area contributed by atoms with Crippen LogP contribution in [0.4, 0.5) is 0 Å². The molecule has 3 heterocycles. The minimum atomic E-state index is 0.00289. The normalized spacial score (nSPS) is 13.4. The Bertz CT molecular complexity index is 877. The van der Waals surface area contributed by atoms with E-state index < -0.39 is 0 Å². The van der Waals surface area contributed by atoms with Crippen molar-refractivity contribution in [2.75, 3.05) is 19.0 Å². The molecule has 0 spiro atoms. The SMILES string of the molecule is O=C(CSc1n[nH]c(-c2cccs2)n1)c1ccc2c(c1)OCCCO2. The van der Waals surface area contributed by atoms with Crippen molar-refractivity contribution in [1.29, 1.82) is 0 Å². The lowest BCUT2D eigenvalue weighted by Crippen LogP contribution is -2.03. The van der Waals surface area contributed by atoms with Gasteiger partial charge in [0, 0.05) is 12.0 Å². The van der Waals surface area contributed by atoms with Gasteiger partial charge >= 0.3 is 0 Å². The molecule has 4 rings (SSSR count). The molecule has 128 valence electrons. The molecule has 6 nitrogen and oxygen atoms in total. The van der Waals surface area contributed by atoms with Crippen molar-refractivity contribution in [2.24, 2.45) is 0 Å². The van der Waals surface area contributed by atoms with E-state index in [9.17, 15) is 4.79 Å². The molecule has 3 aromatic rings. The summed E-state index contributed by atoms with van der Waals surface area (Å²) in [7, 11) is 0. The largest absolute Gasteiger partial charge is 0.490 e. The van der Waals surface area contributed by atoms with Crippen molar-refractivity contribution in [3.63, 3.8) is 0 Å². The number of thioether (sulfide) groups is 1. The Balaban J connectivity index is 1.41. The molecule has 1 N–H and O–H groups in total. The van der Waals surface area contributed by atoms with Gasteiger partial charge in [0.15, 0.2) is 23.1 Å². The number of carbonyl (C=O) groups excluding carboxylic acids is 1. The van der Waals surface area contributed by atoms with Gasteiger partial charge in [-0.2, -0.15) is 0 Å². The molecule has 0 unspecified atom stereocenters. The molecule has 0 amide bonds. The molecule has 1 aromatic carbocycles. The number of rotatable bonds is 5. The summed E-state index contributed by atoms with van der Waals surface area (Å²) < 4.78 is 11.2. The van der Waals surface area contributed by atoms with E-state index in [1.54, 1.807) is 29.5 Å². The monoisotopic (exact) mass is 373 g/mol. The Morgan fingerprint density at radius 2 is 2.12 bits per heavy atom. The van der Waals surface area contributed by atoms with Crippen LogP contribution in [0.3, 0.4) is 0 Å². The number of carbonyl (C=O) groups is 1. The third-order valence-corrected chi connectivity index (χ3v) is 5.35.